The van der Waals surface area contributed by atoms with Crippen LogP contribution < -0.4 is 5.32 Å². The van der Waals surface area contributed by atoms with E-state index in [0.717, 1.165) is 18.2 Å². The monoisotopic (exact) mass is 297 g/mol. The Kier molecular flexibility index (Phi) is 4.73. The van der Waals surface area contributed by atoms with Crippen LogP contribution in [0.3, 0.4) is 0 Å². The van der Waals surface area contributed by atoms with Crippen LogP contribution in [0.2, 0.25) is 0 Å². The van der Waals surface area contributed by atoms with Crippen molar-refractivity contribution in [3.05, 3.63) is 59.5 Å². The quantitative estimate of drug-likeness (QED) is 0.830. The summed E-state index contributed by atoms with van der Waals surface area (Å²) in [5.41, 5.74) is -0.0190. The highest BCUT2D eigenvalue weighted by atomic mass is 19.4. The van der Waals surface area contributed by atoms with E-state index in [1.54, 1.807) is 18.4 Å². The van der Waals surface area contributed by atoms with Gasteiger partial charge in [-0.3, -0.25) is 0 Å². The molecule has 0 radical (unpaired) electrons. The maximum Gasteiger partial charge on any atom is 0.416 e. The van der Waals surface area contributed by atoms with Crippen LogP contribution >= 0.6 is 0 Å². The Hall–Kier alpha value is -1.75. The molecule has 0 fully saturated rings. The van der Waals surface area contributed by atoms with Crippen LogP contribution in [0, 0.1) is 0 Å². The summed E-state index contributed by atoms with van der Waals surface area (Å²) in [7, 11) is 0. The molecule has 1 aromatic heterocycles. The molecule has 21 heavy (non-hydrogen) atoms. The van der Waals surface area contributed by atoms with E-state index in [2.05, 4.69) is 5.32 Å². The molecular formula is C16H18F3NO. The van der Waals surface area contributed by atoms with E-state index in [1.165, 1.54) is 12.1 Å². The standard InChI is InChI=1S/C16H18F3NO/c1-3-14(15-8-5-9-21-15)20-11(2)12-6-4-7-13(10-12)16(17,18)19/h4-11,14,20H,3H2,1-2H3. The van der Waals surface area contributed by atoms with Gasteiger partial charge in [0, 0.05) is 6.04 Å². The Balaban J connectivity index is 2.14. The lowest BCUT2D eigenvalue weighted by Gasteiger charge is -2.21. The molecule has 5 heteroatoms. The highest BCUT2D eigenvalue weighted by Crippen LogP contribution is 2.31. The van der Waals surface area contributed by atoms with E-state index in [4.69, 9.17) is 4.42 Å². The van der Waals surface area contributed by atoms with Gasteiger partial charge in [-0.2, -0.15) is 13.2 Å². The lowest BCUT2D eigenvalue weighted by Crippen LogP contribution is -2.24. The van der Waals surface area contributed by atoms with Crippen molar-refractivity contribution < 1.29 is 17.6 Å². The fourth-order valence-corrected chi connectivity index (χ4v) is 2.27. The summed E-state index contributed by atoms with van der Waals surface area (Å²) in [5, 5.41) is 3.30. The molecule has 2 unspecified atom stereocenters. The van der Waals surface area contributed by atoms with Crippen LogP contribution in [0.4, 0.5) is 13.2 Å². The van der Waals surface area contributed by atoms with Crippen molar-refractivity contribution in [2.45, 2.75) is 38.5 Å². The van der Waals surface area contributed by atoms with Crippen molar-refractivity contribution in [1.82, 2.24) is 5.32 Å². The Morgan fingerprint density at radius 3 is 2.52 bits per heavy atom. The second kappa shape index (κ2) is 6.35. The highest BCUT2D eigenvalue weighted by molar-refractivity contribution is 5.28. The predicted molar refractivity (Wildman–Crippen MR) is 74.7 cm³/mol. The third-order valence-corrected chi connectivity index (χ3v) is 3.46. The first kappa shape index (κ1) is 15.6. The van der Waals surface area contributed by atoms with Gasteiger partial charge in [0.05, 0.1) is 17.9 Å². The average molecular weight is 297 g/mol. The topological polar surface area (TPSA) is 25.2 Å². The van der Waals surface area contributed by atoms with Gasteiger partial charge >= 0.3 is 6.18 Å². The molecule has 2 nitrogen and oxygen atoms in total. The first-order valence-electron chi connectivity index (χ1n) is 6.88. The summed E-state index contributed by atoms with van der Waals surface area (Å²) in [5.74, 6) is 0.788. The molecule has 2 aromatic rings. The van der Waals surface area contributed by atoms with Crippen LogP contribution in [0.25, 0.3) is 0 Å². The molecule has 0 aliphatic rings. The van der Waals surface area contributed by atoms with Crippen molar-refractivity contribution in [1.29, 1.82) is 0 Å². The van der Waals surface area contributed by atoms with E-state index < -0.39 is 11.7 Å². The zero-order chi connectivity index (χ0) is 15.5. The van der Waals surface area contributed by atoms with E-state index >= 15 is 0 Å². The lowest BCUT2D eigenvalue weighted by atomic mass is 10.0. The van der Waals surface area contributed by atoms with Crippen LogP contribution in [-0.4, -0.2) is 0 Å². The van der Waals surface area contributed by atoms with E-state index in [0.29, 0.717) is 5.56 Å². The molecular weight excluding hydrogens is 279 g/mol. The summed E-state index contributed by atoms with van der Waals surface area (Å²) < 4.78 is 43.6. The van der Waals surface area contributed by atoms with Gasteiger partial charge in [-0.1, -0.05) is 19.1 Å². The van der Waals surface area contributed by atoms with Crippen molar-refractivity contribution in [2.75, 3.05) is 0 Å². The number of hydrogen-bond acceptors (Lipinski definition) is 2. The van der Waals surface area contributed by atoms with Gasteiger partial charge in [0.25, 0.3) is 0 Å². The Bertz CT molecular complexity index is 563. The van der Waals surface area contributed by atoms with Crippen molar-refractivity contribution in [3.8, 4) is 0 Å². The largest absolute Gasteiger partial charge is 0.468 e. The first-order chi connectivity index (χ1) is 9.91. The Labute approximate surface area is 122 Å². The smallest absolute Gasteiger partial charge is 0.416 e. The van der Waals surface area contributed by atoms with Crippen LogP contribution in [-0.2, 0) is 6.18 Å². The molecule has 114 valence electrons. The molecule has 0 aliphatic heterocycles. The molecule has 0 spiro atoms. The third kappa shape index (κ3) is 3.88. The molecule has 0 amide bonds. The average Bonchev–Trinajstić information content (AvgIpc) is 2.97. The van der Waals surface area contributed by atoms with Gasteiger partial charge in [-0.15, -0.1) is 0 Å². The second-order valence-corrected chi connectivity index (χ2v) is 4.99. The zero-order valence-electron chi connectivity index (χ0n) is 11.9. The lowest BCUT2D eigenvalue weighted by molar-refractivity contribution is -0.137. The van der Waals surface area contributed by atoms with Gasteiger partial charge in [0.1, 0.15) is 5.76 Å². The molecule has 0 bridgehead atoms. The third-order valence-electron chi connectivity index (χ3n) is 3.46. The van der Waals surface area contributed by atoms with Gasteiger partial charge in [0.15, 0.2) is 0 Å². The van der Waals surface area contributed by atoms with E-state index in [-0.39, 0.29) is 12.1 Å². The van der Waals surface area contributed by atoms with Crippen molar-refractivity contribution in [3.63, 3.8) is 0 Å². The summed E-state index contributed by atoms with van der Waals surface area (Å²) in [6.45, 7) is 3.85. The second-order valence-electron chi connectivity index (χ2n) is 4.99. The van der Waals surface area contributed by atoms with Crippen molar-refractivity contribution >= 4 is 0 Å². The van der Waals surface area contributed by atoms with Gasteiger partial charge < -0.3 is 9.73 Å². The Morgan fingerprint density at radius 2 is 1.95 bits per heavy atom. The fraction of sp³-hybridized carbons (Fsp3) is 0.375. The summed E-state index contributed by atoms with van der Waals surface area (Å²) in [4.78, 5) is 0. The molecule has 1 heterocycles. The summed E-state index contributed by atoms with van der Waals surface area (Å²) in [6.07, 6.45) is -1.94. The normalized spacial score (nSPS) is 14.9. The fourth-order valence-electron chi connectivity index (χ4n) is 2.27. The van der Waals surface area contributed by atoms with Gasteiger partial charge in [0.2, 0.25) is 0 Å². The number of hydrogen-bond donors (Lipinski definition) is 1. The van der Waals surface area contributed by atoms with Crippen LogP contribution in [0.15, 0.2) is 47.1 Å². The SMILES string of the molecule is CCC(NC(C)c1cccc(C(F)(F)F)c1)c1ccco1. The molecule has 1 N–H and O–H groups in total. The minimum atomic E-state index is -4.32. The van der Waals surface area contributed by atoms with Gasteiger partial charge in [-0.05, 0) is 43.2 Å². The maximum atomic E-state index is 12.7. The highest BCUT2D eigenvalue weighted by Gasteiger charge is 2.30. The maximum absolute atomic E-state index is 12.7. The number of rotatable bonds is 5. The minimum absolute atomic E-state index is 0.0236. The number of alkyl halides is 3. The number of furan rings is 1. The summed E-state index contributed by atoms with van der Waals surface area (Å²) >= 11 is 0. The molecule has 0 saturated heterocycles. The molecule has 0 aliphatic carbocycles. The van der Waals surface area contributed by atoms with Crippen molar-refractivity contribution in [2.24, 2.45) is 0 Å². The molecule has 1 aromatic carbocycles. The van der Waals surface area contributed by atoms with E-state index in [1.807, 2.05) is 19.9 Å². The van der Waals surface area contributed by atoms with Gasteiger partial charge in [-0.25, -0.2) is 0 Å². The number of nitrogens with one attached hydrogen (secondary N) is 1. The number of benzene rings is 1. The zero-order valence-corrected chi connectivity index (χ0v) is 11.9. The Morgan fingerprint density at radius 1 is 1.19 bits per heavy atom. The van der Waals surface area contributed by atoms with E-state index in [9.17, 15) is 13.2 Å². The minimum Gasteiger partial charge on any atom is -0.468 e. The predicted octanol–water partition coefficient (Wildman–Crippen LogP) is 5.10. The molecule has 2 rings (SSSR count). The number of halogens is 3. The molecule has 0 saturated carbocycles. The van der Waals surface area contributed by atoms with Crippen LogP contribution in [0.5, 0.6) is 0 Å². The first-order valence-corrected chi connectivity index (χ1v) is 6.88. The summed E-state index contributed by atoms with van der Waals surface area (Å²) in [6, 6.07) is 8.83. The van der Waals surface area contributed by atoms with Crippen LogP contribution in [0.1, 0.15) is 49.2 Å². The molecule has 2 atom stereocenters.